The number of hydrogen-bond acceptors (Lipinski definition) is 5. The molecule has 2 N–H and O–H groups in total. The SMILES string of the molecule is Cn1cc(S(=O)(=O)NCc2sccc2C#CCO)cn1. The van der Waals surface area contributed by atoms with Gasteiger partial charge in [-0.25, -0.2) is 13.1 Å². The van der Waals surface area contributed by atoms with Gasteiger partial charge in [0.15, 0.2) is 0 Å². The number of rotatable bonds is 4. The van der Waals surface area contributed by atoms with Crippen molar-refractivity contribution in [2.75, 3.05) is 6.61 Å². The zero-order chi connectivity index (χ0) is 14.6. The van der Waals surface area contributed by atoms with E-state index in [0.717, 1.165) is 10.4 Å². The van der Waals surface area contributed by atoms with Crippen LogP contribution in [0.2, 0.25) is 0 Å². The van der Waals surface area contributed by atoms with E-state index in [2.05, 4.69) is 21.7 Å². The van der Waals surface area contributed by atoms with Crippen LogP contribution < -0.4 is 4.72 Å². The van der Waals surface area contributed by atoms with Crippen LogP contribution in [-0.2, 0) is 23.6 Å². The summed E-state index contributed by atoms with van der Waals surface area (Å²) in [5, 5.41) is 14.3. The summed E-state index contributed by atoms with van der Waals surface area (Å²) in [6.45, 7) is -0.0684. The van der Waals surface area contributed by atoms with Crippen LogP contribution in [0, 0.1) is 11.8 Å². The normalized spacial score (nSPS) is 11.1. The van der Waals surface area contributed by atoms with Gasteiger partial charge in [0.2, 0.25) is 10.0 Å². The van der Waals surface area contributed by atoms with Gasteiger partial charge in [0.25, 0.3) is 0 Å². The van der Waals surface area contributed by atoms with Crippen LogP contribution in [0.25, 0.3) is 0 Å². The third-order valence-corrected chi connectivity index (χ3v) is 4.74. The maximum atomic E-state index is 12.0. The highest BCUT2D eigenvalue weighted by atomic mass is 32.2. The first-order valence-corrected chi connectivity index (χ1v) is 8.03. The van der Waals surface area contributed by atoms with E-state index in [1.165, 1.54) is 28.4 Å². The van der Waals surface area contributed by atoms with Crippen LogP contribution in [0.15, 0.2) is 28.7 Å². The molecule has 0 fully saturated rings. The first kappa shape index (κ1) is 14.7. The zero-order valence-electron chi connectivity index (χ0n) is 10.7. The van der Waals surface area contributed by atoms with Gasteiger partial charge in [-0.15, -0.1) is 11.3 Å². The predicted octanol–water partition coefficient (Wildman–Crippen LogP) is 0.304. The van der Waals surface area contributed by atoms with Gasteiger partial charge in [-0.3, -0.25) is 4.68 Å². The molecule has 0 amide bonds. The molecule has 0 atom stereocenters. The van der Waals surface area contributed by atoms with Crippen molar-refractivity contribution in [3.8, 4) is 11.8 Å². The first-order chi connectivity index (χ1) is 9.53. The average molecular weight is 311 g/mol. The monoisotopic (exact) mass is 311 g/mol. The molecule has 0 saturated carbocycles. The Hall–Kier alpha value is -1.66. The average Bonchev–Trinajstić information content (AvgIpc) is 3.03. The summed E-state index contributed by atoms with van der Waals surface area (Å²) in [5.41, 5.74) is 0.720. The van der Waals surface area contributed by atoms with Crippen molar-refractivity contribution in [2.24, 2.45) is 7.05 Å². The Labute approximate surface area is 121 Å². The van der Waals surface area contributed by atoms with Crippen molar-refractivity contribution in [3.63, 3.8) is 0 Å². The highest BCUT2D eigenvalue weighted by Gasteiger charge is 2.16. The highest BCUT2D eigenvalue weighted by Crippen LogP contribution is 2.16. The minimum absolute atomic E-state index is 0.125. The van der Waals surface area contributed by atoms with E-state index < -0.39 is 10.0 Å². The van der Waals surface area contributed by atoms with Crippen LogP contribution in [0.1, 0.15) is 10.4 Å². The summed E-state index contributed by atoms with van der Waals surface area (Å²) in [4.78, 5) is 0.929. The van der Waals surface area contributed by atoms with Crippen molar-refractivity contribution in [2.45, 2.75) is 11.4 Å². The maximum Gasteiger partial charge on any atom is 0.244 e. The van der Waals surface area contributed by atoms with E-state index in [1.807, 2.05) is 5.38 Å². The Bertz CT molecular complexity index is 750. The molecule has 2 rings (SSSR count). The number of nitrogens with one attached hydrogen (secondary N) is 1. The molecule has 0 aromatic carbocycles. The largest absolute Gasteiger partial charge is 0.384 e. The van der Waals surface area contributed by atoms with Gasteiger partial charge in [-0.1, -0.05) is 11.8 Å². The van der Waals surface area contributed by atoms with Gasteiger partial charge in [-0.05, 0) is 11.4 Å². The lowest BCUT2D eigenvalue weighted by molar-refractivity contribution is 0.350. The van der Waals surface area contributed by atoms with Crippen LogP contribution in [0.5, 0.6) is 0 Å². The number of aryl methyl sites for hydroxylation is 1. The topological polar surface area (TPSA) is 84.2 Å². The molecule has 6 nitrogen and oxygen atoms in total. The number of hydrogen-bond donors (Lipinski definition) is 2. The van der Waals surface area contributed by atoms with Crippen molar-refractivity contribution >= 4 is 21.4 Å². The van der Waals surface area contributed by atoms with Crippen LogP contribution in [-0.4, -0.2) is 29.9 Å². The molecule has 0 radical (unpaired) electrons. The number of nitrogens with zero attached hydrogens (tertiary/aromatic N) is 2. The van der Waals surface area contributed by atoms with Crippen molar-refractivity contribution < 1.29 is 13.5 Å². The molecule has 2 aromatic heterocycles. The fourth-order valence-electron chi connectivity index (χ4n) is 1.51. The molecule has 0 aliphatic carbocycles. The van der Waals surface area contributed by atoms with Gasteiger partial charge in [0.1, 0.15) is 11.5 Å². The highest BCUT2D eigenvalue weighted by molar-refractivity contribution is 7.89. The molecule has 0 spiro atoms. The summed E-state index contributed by atoms with van der Waals surface area (Å²) >= 11 is 1.41. The van der Waals surface area contributed by atoms with Crippen molar-refractivity contribution in [3.05, 3.63) is 34.3 Å². The van der Waals surface area contributed by atoms with E-state index in [9.17, 15) is 8.42 Å². The molecule has 0 aliphatic rings. The Balaban J connectivity index is 2.11. The number of aliphatic hydroxyl groups excluding tert-OH is 1. The minimum Gasteiger partial charge on any atom is -0.384 e. The molecule has 0 aliphatic heterocycles. The van der Waals surface area contributed by atoms with Crippen molar-refractivity contribution in [1.82, 2.24) is 14.5 Å². The number of aromatic nitrogens is 2. The number of thiophene rings is 1. The predicted molar refractivity (Wildman–Crippen MR) is 75.5 cm³/mol. The smallest absolute Gasteiger partial charge is 0.244 e. The summed E-state index contributed by atoms with van der Waals surface area (Å²) in [5.74, 6) is 5.33. The molecule has 0 saturated heterocycles. The zero-order valence-corrected chi connectivity index (χ0v) is 12.3. The quantitative estimate of drug-likeness (QED) is 0.796. The van der Waals surface area contributed by atoms with Gasteiger partial charge >= 0.3 is 0 Å². The number of aliphatic hydroxyl groups is 1. The van der Waals surface area contributed by atoms with E-state index >= 15 is 0 Å². The Morgan fingerprint density at radius 1 is 1.55 bits per heavy atom. The Kier molecular flexibility index (Phi) is 4.57. The molecule has 2 heterocycles. The summed E-state index contributed by atoms with van der Waals surface area (Å²) in [7, 11) is -1.92. The second-order valence-electron chi connectivity index (χ2n) is 3.89. The van der Waals surface area contributed by atoms with Crippen molar-refractivity contribution in [1.29, 1.82) is 0 Å². The van der Waals surface area contributed by atoms with Crippen LogP contribution in [0.4, 0.5) is 0 Å². The molecule has 106 valence electrons. The summed E-state index contributed by atoms with van der Waals surface area (Å²) in [6, 6.07) is 1.79. The van der Waals surface area contributed by atoms with E-state index in [4.69, 9.17) is 5.11 Å². The second-order valence-corrected chi connectivity index (χ2v) is 6.66. The standard InChI is InChI=1S/C12H13N3O3S2/c1-15-9-11(7-13-15)20(17,18)14-8-12-10(3-2-5-16)4-6-19-12/h4,6-7,9,14,16H,5,8H2,1H3. The second kappa shape index (κ2) is 6.19. The molecule has 0 bridgehead atoms. The van der Waals surface area contributed by atoms with Gasteiger partial charge in [0, 0.05) is 30.2 Å². The van der Waals surface area contributed by atoms with Gasteiger partial charge in [-0.2, -0.15) is 5.10 Å². The fraction of sp³-hybridized carbons (Fsp3) is 0.250. The summed E-state index contributed by atoms with van der Waals surface area (Å²) < 4.78 is 28.0. The molecular formula is C12H13N3O3S2. The van der Waals surface area contributed by atoms with Crippen LogP contribution in [0.3, 0.4) is 0 Å². The molecule has 2 aromatic rings. The minimum atomic E-state index is -3.58. The molecule has 20 heavy (non-hydrogen) atoms. The third-order valence-electron chi connectivity index (χ3n) is 2.46. The molecule has 0 unspecified atom stereocenters. The fourth-order valence-corrected chi connectivity index (χ4v) is 3.34. The van der Waals surface area contributed by atoms with E-state index in [0.29, 0.717) is 0 Å². The first-order valence-electron chi connectivity index (χ1n) is 5.67. The van der Waals surface area contributed by atoms with Gasteiger partial charge < -0.3 is 5.11 Å². The third kappa shape index (κ3) is 3.46. The lowest BCUT2D eigenvalue weighted by Gasteiger charge is -2.03. The number of sulfonamides is 1. The Morgan fingerprint density at radius 3 is 3.00 bits per heavy atom. The van der Waals surface area contributed by atoms with Gasteiger partial charge in [0.05, 0.1) is 6.20 Å². The lowest BCUT2D eigenvalue weighted by atomic mass is 10.2. The maximum absolute atomic E-state index is 12.0. The summed E-state index contributed by atoms with van der Waals surface area (Å²) in [6.07, 6.45) is 2.73. The van der Waals surface area contributed by atoms with E-state index in [1.54, 1.807) is 13.1 Å². The molecular weight excluding hydrogens is 298 g/mol. The Morgan fingerprint density at radius 2 is 2.35 bits per heavy atom. The molecule has 8 heteroatoms. The van der Waals surface area contributed by atoms with E-state index in [-0.39, 0.29) is 18.0 Å². The lowest BCUT2D eigenvalue weighted by Crippen LogP contribution is -2.22. The van der Waals surface area contributed by atoms with Crippen LogP contribution >= 0.6 is 11.3 Å².